The number of amides is 1. The number of sulfonamides is 1. The number of halogens is 2. The summed E-state index contributed by atoms with van der Waals surface area (Å²) in [6.45, 7) is 1.68. The minimum Gasteiger partial charge on any atom is -0.319 e. The first-order chi connectivity index (χ1) is 15.8. The van der Waals surface area contributed by atoms with Crippen molar-refractivity contribution in [2.45, 2.75) is 13.3 Å². The van der Waals surface area contributed by atoms with Gasteiger partial charge in [-0.25, -0.2) is 22.3 Å². The van der Waals surface area contributed by atoms with Crippen LogP contribution in [0.15, 0.2) is 60.9 Å². The number of carbonyl (C=O) groups is 1. The van der Waals surface area contributed by atoms with Gasteiger partial charge in [-0.15, -0.1) is 0 Å². The van der Waals surface area contributed by atoms with Gasteiger partial charge in [0.2, 0.25) is 10.0 Å². The molecule has 1 amide bonds. The van der Waals surface area contributed by atoms with Crippen molar-refractivity contribution in [1.29, 1.82) is 0 Å². The van der Waals surface area contributed by atoms with Crippen molar-refractivity contribution >= 4 is 44.6 Å². The van der Waals surface area contributed by atoms with E-state index in [2.05, 4.69) is 20.1 Å². The molecule has 2 heterocycles. The first kappa shape index (κ1) is 22.7. The summed E-state index contributed by atoms with van der Waals surface area (Å²) in [5.74, 6) is -2.11. The fraction of sp³-hybridized carbons (Fsp3) is 0.136. The highest BCUT2D eigenvalue weighted by Gasteiger charge is 2.22. The average Bonchev–Trinajstić information content (AvgIpc) is 3.20. The first-order valence-electron chi connectivity index (χ1n) is 9.98. The smallest absolute Gasteiger partial charge is 0.260 e. The van der Waals surface area contributed by atoms with E-state index in [1.54, 1.807) is 13.0 Å². The molecule has 2 N–H and O–H groups in total. The molecule has 0 saturated carbocycles. The highest BCUT2D eigenvalue weighted by atomic mass is 35.5. The molecule has 0 radical (unpaired) electrons. The third-order valence-electron chi connectivity index (χ3n) is 4.70. The number of benzene rings is 2. The van der Waals surface area contributed by atoms with Crippen LogP contribution in [0.1, 0.15) is 23.7 Å². The standard InChI is InChI=1S/C22H19ClFN5O3S/c1-2-10-33(31,32)28-17-9-8-16(23)20(21(17)24)22(30)26-15-12-25-19-11-18(27-29(19)13-15)14-6-4-3-5-7-14/h3-9,11-13,28H,2,10H2,1H3,(H,26,30). The maximum absolute atomic E-state index is 15.0. The summed E-state index contributed by atoms with van der Waals surface area (Å²) in [5.41, 5.74) is 1.58. The van der Waals surface area contributed by atoms with E-state index in [4.69, 9.17) is 11.6 Å². The molecular formula is C22H19ClFN5O3S. The van der Waals surface area contributed by atoms with Crippen molar-refractivity contribution in [3.8, 4) is 11.3 Å². The van der Waals surface area contributed by atoms with Crippen molar-refractivity contribution in [1.82, 2.24) is 14.6 Å². The Morgan fingerprint density at radius 1 is 1.18 bits per heavy atom. The largest absolute Gasteiger partial charge is 0.319 e. The number of hydrogen-bond donors (Lipinski definition) is 2. The van der Waals surface area contributed by atoms with Crippen LogP contribution in [0.3, 0.4) is 0 Å². The molecule has 4 rings (SSSR count). The van der Waals surface area contributed by atoms with E-state index < -0.39 is 27.3 Å². The monoisotopic (exact) mass is 487 g/mol. The number of nitrogens with one attached hydrogen (secondary N) is 2. The number of hydrogen-bond acceptors (Lipinski definition) is 5. The molecule has 8 nitrogen and oxygen atoms in total. The Kier molecular flexibility index (Phi) is 6.30. The lowest BCUT2D eigenvalue weighted by molar-refractivity contribution is 0.102. The van der Waals surface area contributed by atoms with Gasteiger partial charge in [-0.2, -0.15) is 5.10 Å². The predicted octanol–water partition coefficient (Wildman–Crippen LogP) is 4.59. The maximum atomic E-state index is 15.0. The third kappa shape index (κ3) is 4.96. The second-order valence-electron chi connectivity index (χ2n) is 7.20. The van der Waals surface area contributed by atoms with E-state index in [0.29, 0.717) is 17.8 Å². The van der Waals surface area contributed by atoms with Crippen molar-refractivity contribution in [3.05, 3.63) is 77.3 Å². The van der Waals surface area contributed by atoms with Gasteiger partial charge in [0.1, 0.15) is 0 Å². The van der Waals surface area contributed by atoms with Crippen LogP contribution in [-0.2, 0) is 10.0 Å². The molecule has 2 aromatic carbocycles. The molecule has 0 aliphatic heterocycles. The zero-order valence-electron chi connectivity index (χ0n) is 17.4. The molecule has 170 valence electrons. The lowest BCUT2D eigenvalue weighted by Crippen LogP contribution is -2.20. The van der Waals surface area contributed by atoms with Crippen molar-refractivity contribution < 1.29 is 17.6 Å². The maximum Gasteiger partial charge on any atom is 0.260 e. The molecule has 33 heavy (non-hydrogen) atoms. The van der Waals surface area contributed by atoms with Gasteiger partial charge >= 0.3 is 0 Å². The summed E-state index contributed by atoms with van der Waals surface area (Å²) in [7, 11) is -3.75. The average molecular weight is 488 g/mol. The molecule has 0 spiro atoms. The van der Waals surface area contributed by atoms with Gasteiger partial charge in [-0.1, -0.05) is 48.9 Å². The Morgan fingerprint density at radius 3 is 2.67 bits per heavy atom. The number of carbonyl (C=O) groups excluding carboxylic acids is 1. The summed E-state index contributed by atoms with van der Waals surface area (Å²) >= 11 is 6.05. The van der Waals surface area contributed by atoms with Gasteiger partial charge in [0.05, 0.1) is 45.8 Å². The number of fused-ring (bicyclic) bond motifs is 1. The molecule has 0 bridgehead atoms. The molecule has 0 aliphatic rings. The highest BCUT2D eigenvalue weighted by Crippen LogP contribution is 2.28. The van der Waals surface area contributed by atoms with Gasteiger partial charge in [-0.05, 0) is 18.6 Å². The fourth-order valence-corrected chi connectivity index (χ4v) is 4.58. The Hall–Kier alpha value is -3.50. The minimum absolute atomic E-state index is 0.164. The lowest BCUT2D eigenvalue weighted by Gasteiger charge is -2.12. The van der Waals surface area contributed by atoms with E-state index in [1.165, 1.54) is 29.0 Å². The number of aromatic nitrogens is 3. The Labute approximate surface area is 194 Å². The van der Waals surface area contributed by atoms with Gasteiger partial charge < -0.3 is 5.32 Å². The zero-order valence-corrected chi connectivity index (χ0v) is 19.0. The quantitative estimate of drug-likeness (QED) is 0.396. The van der Waals surface area contributed by atoms with Crippen LogP contribution in [0.5, 0.6) is 0 Å². The molecule has 0 fully saturated rings. The van der Waals surface area contributed by atoms with Crippen LogP contribution in [-0.4, -0.2) is 34.7 Å². The van der Waals surface area contributed by atoms with E-state index in [1.807, 2.05) is 30.3 Å². The molecule has 11 heteroatoms. The lowest BCUT2D eigenvalue weighted by atomic mass is 10.1. The van der Waals surface area contributed by atoms with Gasteiger partial charge in [0.15, 0.2) is 11.5 Å². The topological polar surface area (TPSA) is 105 Å². The van der Waals surface area contributed by atoms with Gasteiger partial charge in [0.25, 0.3) is 5.91 Å². The van der Waals surface area contributed by atoms with Crippen LogP contribution >= 0.6 is 11.6 Å². The normalized spacial score (nSPS) is 11.5. The summed E-state index contributed by atoms with van der Waals surface area (Å²) in [5, 5.41) is 6.83. The summed E-state index contributed by atoms with van der Waals surface area (Å²) in [4.78, 5) is 17.1. The van der Waals surface area contributed by atoms with Crippen molar-refractivity contribution in [2.75, 3.05) is 15.8 Å². The first-order valence-corrected chi connectivity index (χ1v) is 12.0. The number of rotatable bonds is 7. The van der Waals surface area contributed by atoms with E-state index in [-0.39, 0.29) is 22.2 Å². The van der Waals surface area contributed by atoms with Crippen molar-refractivity contribution in [2.24, 2.45) is 0 Å². The van der Waals surface area contributed by atoms with Crippen LogP contribution in [0.25, 0.3) is 16.9 Å². The molecule has 0 unspecified atom stereocenters. The Morgan fingerprint density at radius 2 is 1.94 bits per heavy atom. The second kappa shape index (κ2) is 9.16. The number of nitrogens with zero attached hydrogens (tertiary/aromatic N) is 3. The van der Waals surface area contributed by atoms with Gasteiger partial charge in [-0.3, -0.25) is 9.52 Å². The summed E-state index contributed by atoms with van der Waals surface area (Å²) in [6, 6.07) is 13.7. The second-order valence-corrected chi connectivity index (χ2v) is 9.45. The fourth-order valence-electron chi connectivity index (χ4n) is 3.21. The molecule has 2 aromatic heterocycles. The Bertz CT molecular complexity index is 1440. The molecule has 4 aromatic rings. The predicted molar refractivity (Wildman–Crippen MR) is 125 cm³/mol. The minimum atomic E-state index is -3.75. The third-order valence-corrected chi connectivity index (χ3v) is 6.49. The van der Waals surface area contributed by atoms with Crippen LogP contribution in [0, 0.1) is 5.82 Å². The van der Waals surface area contributed by atoms with Crippen LogP contribution in [0.2, 0.25) is 5.02 Å². The molecule has 0 atom stereocenters. The van der Waals surface area contributed by atoms with E-state index in [0.717, 1.165) is 5.56 Å². The highest BCUT2D eigenvalue weighted by molar-refractivity contribution is 7.92. The Balaban J connectivity index is 1.61. The van der Waals surface area contributed by atoms with E-state index >= 15 is 0 Å². The SMILES string of the molecule is CCCS(=O)(=O)Nc1ccc(Cl)c(C(=O)Nc2cnc3cc(-c4ccccc4)nn3c2)c1F. The van der Waals surface area contributed by atoms with Crippen LogP contribution < -0.4 is 10.0 Å². The molecule has 0 aliphatic carbocycles. The summed E-state index contributed by atoms with van der Waals surface area (Å²) < 4.78 is 42.7. The zero-order chi connectivity index (χ0) is 23.6. The van der Waals surface area contributed by atoms with E-state index in [9.17, 15) is 17.6 Å². The van der Waals surface area contributed by atoms with Crippen LogP contribution in [0.4, 0.5) is 15.8 Å². The van der Waals surface area contributed by atoms with Crippen molar-refractivity contribution in [3.63, 3.8) is 0 Å². The molecule has 0 saturated heterocycles. The van der Waals surface area contributed by atoms with Gasteiger partial charge in [0, 0.05) is 11.6 Å². The summed E-state index contributed by atoms with van der Waals surface area (Å²) in [6.07, 6.45) is 3.29. The molecular weight excluding hydrogens is 469 g/mol. The number of anilines is 2.